The summed E-state index contributed by atoms with van der Waals surface area (Å²) in [6.07, 6.45) is 4.08. The van der Waals surface area contributed by atoms with Gasteiger partial charge in [0, 0.05) is 32.2 Å². The molecule has 1 aromatic rings. The van der Waals surface area contributed by atoms with Gasteiger partial charge in [-0.3, -0.25) is 0 Å². The van der Waals surface area contributed by atoms with Crippen molar-refractivity contribution in [3.63, 3.8) is 0 Å². The van der Waals surface area contributed by atoms with E-state index in [1.54, 1.807) is 0 Å². The molecule has 1 aromatic carbocycles. The topological polar surface area (TPSA) is 38.5 Å². The van der Waals surface area contributed by atoms with Crippen molar-refractivity contribution in [1.82, 2.24) is 4.90 Å². The number of rotatable bonds is 5. The second kappa shape index (κ2) is 7.58. The first kappa shape index (κ1) is 16.0. The van der Waals surface area contributed by atoms with Gasteiger partial charge in [-0.05, 0) is 43.2 Å². The van der Waals surface area contributed by atoms with Crippen LogP contribution < -0.4 is 5.73 Å². The lowest BCUT2D eigenvalue weighted by Gasteiger charge is -2.31. The SMILES string of the molecule is CCC1CC(CN2C[C@@H](CN)[C@H](c3ccccc3)C2)CCO1. The maximum atomic E-state index is 6.05. The fraction of sp³-hybridized carbons (Fsp3) is 0.684. The third-order valence-corrected chi connectivity index (χ3v) is 5.49. The van der Waals surface area contributed by atoms with E-state index in [2.05, 4.69) is 42.2 Å². The van der Waals surface area contributed by atoms with Gasteiger partial charge in [-0.2, -0.15) is 0 Å². The molecule has 2 aliphatic rings. The van der Waals surface area contributed by atoms with Crippen LogP contribution in [0.25, 0.3) is 0 Å². The molecule has 0 saturated carbocycles. The van der Waals surface area contributed by atoms with Crippen LogP contribution in [0, 0.1) is 11.8 Å². The van der Waals surface area contributed by atoms with E-state index in [-0.39, 0.29) is 0 Å². The molecule has 2 saturated heterocycles. The van der Waals surface area contributed by atoms with Crippen LogP contribution in [-0.4, -0.2) is 43.8 Å². The Morgan fingerprint density at radius 3 is 2.77 bits per heavy atom. The van der Waals surface area contributed by atoms with Gasteiger partial charge in [-0.1, -0.05) is 37.3 Å². The normalized spacial score (nSPS) is 33.2. The summed E-state index contributed by atoms with van der Waals surface area (Å²) in [4.78, 5) is 2.65. The summed E-state index contributed by atoms with van der Waals surface area (Å²) in [6.45, 7) is 7.52. The molecule has 122 valence electrons. The minimum absolute atomic E-state index is 0.483. The number of ether oxygens (including phenoxy) is 1. The zero-order valence-electron chi connectivity index (χ0n) is 13.8. The molecule has 0 spiro atoms. The van der Waals surface area contributed by atoms with Gasteiger partial charge < -0.3 is 15.4 Å². The van der Waals surface area contributed by atoms with Gasteiger partial charge >= 0.3 is 0 Å². The van der Waals surface area contributed by atoms with Crippen molar-refractivity contribution in [3.8, 4) is 0 Å². The van der Waals surface area contributed by atoms with Crippen molar-refractivity contribution in [2.24, 2.45) is 17.6 Å². The highest BCUT2D eigenvalue weighted by Crippen LogP contribution is 2.33. The van der Waals surface area contributed by atoms with Crippen molar-refractivity contribution in [1.29, 1.82) is 0 Å². The lowest BCUT2D eigenvalue weighted by atomic mass is 9.89. The Bertz CT molecular complexity index is 450. The summed E-state index contributed by atoms with van der Waals surface area (Å²) in [5.41, 5.74) is 7.51. The highest BCUT2D eigenvalue weighted by Gasteiger charge is 2.34. The number of hydrogen-bond donors (Lipinski definition) is 1. The molecule has 0 radical (unpaired) electrons. The Hall–Kier alpha value is -0.900. The molecular weight excluding hydrogens is 272 g/mol. The van der Waals surface area contributed by atoms with Gasteiger partial charge in [0.15, 0.2) is 0 Å². The predicted octanol–water partition coefficient (Wildman–Crippen LogP) is 2.87. The number of hydrogen-bond acceptors (Lipinski definition) is 3. The molecular formula is C19H30N2O. The summed E-state index contributed by atoms with van der Waals surface area (Å²) in [7, 11) is 0. The van der Waals surface area contributed by atoms with Gasteiger partial charge in [0.1, 0.15) is 0 Å². The van der Waals surface area contributed by atoms with Crippen LogP contribution in [-0.2, 0) is 4.74 Å². The number of nitrogens with two attached hydrogens (primary N) is 1. The molecule has 2 N–H and O–H groups in total. The monoisotopic (exact) mass is 302 g/mol. The standard InChI is InChI=1S/C19H30N2O/c1-2-18-10-15(8-9-22-18)12-21-13-17(11-20)19(14-21)16-6-4-3-5-7-16/h3-7,15,17-19H,2,8-14,20H2,1H3/t15?,17-,18?,19+/m1/s1. The van der Waals surface area contributed by atoms with E-state index in [0.29, 0.717) is 17.9 Å². The van der Waals surface area contributed by atoms with Gasteiger partial charge in [0.2, 0.25) is 0 Å². The minimum Gasteiger partial charge on any atom is -0.378 e. The zero-order valence-corrected chi connectivity index (χ0v) is 13.8. The van der Waals surface area contributed by atoms with Crippen molar-refractivity contribution < 1.29 is 4.74 Å². The first-order valence-electron chi connectivity index (χ1n) is 8.89. The zero-order chi connectivity index (χ0) is 15.4. The highest BCUT2D eigenvalue weighted by atomic mass is 16.5. The van der Waals surface area contributed by atoms with Crippen LogP contribution in [0.3, 0.4) is 0 Å². The van der Waals surface area contributed by atoms with Crippen LogP contribution in [0.1, 0.15) is 37.7 Å². The van der Waals surface area contributed by atoms with E-state index in [9.17, 15) is 0 Å². The fourth-order valence-corrected chi connectivity index (χ4v) is 4.20. The maximum absolute atomic E-state index is 6.05. The Morgan fingerprint density at radius 2 is 2.05 bits per heavy atom. The van der Waals surface area contributed by atoms with Gasteiger partial charge in [-0.15, -0.1) is 0 Å². The molecule has 0 aromatic heterocycles. The lowest BCUT2D eigenvalue weighted by Crippen LogP contribution is -2.34. The molecule has 3 heteroatoms. The fourth-order valence-electron chi connectivity index (χ4n) is 4.20. The lowest BCUT2D eigenvalue weighted by molar-refractivity contribution is -0.0165. The van der Waals surface area contributed by atoms with Gasteiger partial charge in [-0.25, -0.2) is 0 Å². The van der Waals surface area contributed by atoms with E-state index in [4.69, 9.17) is 10.5 Å². The summed E-state index contributed by atoms with van der Waals surface area (Å²) in [6, 6.07) is 10.9. The van der Waals surface area contributed by atoms with Crippen molar-refractivity contribution in [2.75, 3.05) is 32.8 Å². The van der Waals surface area contributed by atoms with E-state index in [1.807, 2.05) is 0 Å². The smallest absolute Gasteiger partial charge is 0.0575 e. The summed E-state index contributed by atoms with van der Waals surface area (Å²) >= 11 is 0. The third kappa shape index (κ3) is 3.70. The Kier molecular flexibility index (Phi) is 5.51. The first-order valence-corrected chi connectivity index (χ1v) is 8.89. The maximum Gasteiger partial charge on any atom is 0.0575 e. The number of likely N-dealkylation sites (tertiary alicyclic amines) is 1. The molecule has 2 heterocycles. The predicted molar refractivity (Wildman–Crippen MR) is 90.9 cm³/mol. The summed E-state index contributed by atoms with van der Waals surface area (Å²) in [5.74, 6) is 2.00. The van der Waals surface area contributed by atoms with Crippen LogP contribution in [0.15, 0.2) is 30.3 Å². The van der Waals surface area contributed by atoms with Crippen molar-refractivity contribution in [2.45, 2.75) is 38.2 Å². The van der Waals surface area contributed by atoms with Crippen LogP contribution in [0.4, 0.5) is 0 Å². The van der Waals surface area contributed by atoms with Crippen molar-refractivity contribution >= 4 is 0 Å². The molecule has 0 amide bonds. The molecule has 22 heavy (non-hydrogen) atoms. The van der Waals surface area contributed by atoms with Crippen LogP contribution >= 0.6 is 0 Å². The Labute approximate surface area is 134 Å². The Morgan fingerprint density at radius 1 is 1.23 bits per heavy atom. The first-order chi connectivity index (χ1) is 10.8. The molecule has 3 nitrogen and oxygen atoms in total. The van der Waals surface area contributed by atoms with E-state index in [0.717, 1.165) is 32.0 Å². The summed E-state index contributed by atoms with van der Waals surface area (Å²) in [5, 5.41) is 0. The molecule has 3 rings (SSSR count). The molecule has 2 aliphatic heterocycles. The van der Waals surface area contributed by atoms with Crippen molar-refractivity contribution in [3.05, 3.63) is 35.9 Å². The molecule has 0 aliphatic carbocycles. The Balaban J connectivity index is 1.59. The largest absolute Gasteiger partial charge is 0.378 e. The number of nitrogens with zero attached hydrogens (tertiary/aromatic N) is 1. The minimum atomic E-state index is 0.483. The van der Waals surface area contributed by atoms with Gasteiger partial charge in [0.25, 0.3) is 0 Å². The molecule has 4 atom stereocenters. The second-order valence-electron chi connectivity index (χ2n) is 7.02. The van der Waals surface area contributed by atoms with E-state index >= 15 is 0 Å². The highest BCUT2D eigenvalue weighted by molar-refractivity contribution is 5.22. The molecule has 0 bridgehead atoms. The average Bonchev–Trinajstić information content (AvgIpc) is 2.98. The third-order valence-electron chi connectivity index (χ3n) is 5.49. The molecule has 2 fully saturated rings. The van der Waals surface area contributed by atoms with Gasteiger partial charge in [0.05, 0.1) is 6.10 Å². The number of benzene rings is 1. The van der Waals surface area contributed by atoms with Crippen LogP contribution in [0.5, 0.6) is 0 Å². The van der Waals surface area contributed by atoms with Crippen LogP contribution in [0.2, 0.25) is 0 Å². The van der Waals surface area contributed by atoms with E-state index < -0.39 is 0 Å². The average molecular weight is 302 g/mol. The second-order valence-corrected chi connectivity index (χ2v) is 7.02. The molecule has 2 unspecified atom stereocenters. The quantitative estimate of drug-likeness (QED) is 0.909. The summed E-state index contributed by atoms with van der Waals surface area (Å²) < 4.78 is 5.82. The van der Waals surface area contributed by atoms with E-state index in [1.165, 1.54) is 31.5 Å².